The number of H-pyrrole nitrogens is 1. The van der Waals surface area contributed by atoms with Gasteiger partial charge in [-0.1, -0.05) is 24.4 Å². The molecule has 0 bridgehead atoms. The largest absolute Gasteiger partial charge is 0.356 e. The molecule has 10 heteroatoms. The number of nitrogens with one attached hydrogen (secondary N) is 4. The van der Waals surface area contributed by atoms with E-state index in [-0.39, 0.29) is 29.0 Å². The Morgan fingerprint density at radius 2 is 2.03 bits per heavy atom. The average Bonchev–Trinajstić information content (AvgIpc) is 3.51. The maximum atomic E-state index is 13.7. The van der Waals surface area contributed by atoms with Gasteiger partial charge in [0.1, 0.15) is 23.6 Å². The molecular formula is C23H25ClFN5O3. The van der Waals surface area contributed by atoms with E-state index in [9.17, 15) is 24.0 Å². The number of hydrogen-bond donors (Lipinski definition) is 4. The van der Waals surface area contributed by atoms with Gasteiger partial charge in [0.2, 0.25) is 11.8 Å². The zero-order valence-corrected chi connectivity index (χ0v) is 18.7. The first-order chi connectivity index (χ1) is 15.9. The van der Waals surface area contributed by atoms with Crippen molar-refractivity contribution < 1.29 is 18.8 Å². The van der Waals surface area contributed by atoms with Crippen molar-refractivity contribution in [1.82, 2.24) is 20.9 Å². The number of carbonyl (C=O) groups excluding carboxylic acids is 3. The molecule has 3 amide bonds. The predicted molar refractivity (Wildman–Crippen MR) is 120 cm³/mol. The number of carbonyl (C=O) groups is 3. The number of aromatic amines is 1. The molecule has 1 saturated heterocycles. The standard InChI is InChI=1S/C23H25ClFN5O3/c24-20-15-10-19(29-17(15)6-5-16(20)25)23(33)30-18(8-12-3-4-12)22(32)28-14(11-26)9-13-2-1-7-27-21(13)31/h5-6,10,12-14,18,29H,1-4,7-9H2,(H,27,31)(H,28,32)(H,30,33)/t13-,14-,18-/m0/s1. The number of amides is 3. The summed E-state index contributed by atoms with van der Waals surface area (Å²) in [7, 11) is 0. The molecule has 0 spiro atoms. The van der Waals surface area contributed by atoms with Crippen molar-refractivity contribution in [2.24, 2.45) is 11.8 Å². The van der Waals surface area contributed by atoms with Gasteiger partial charge in [-0.3, -0.25) is 14.4 Å². The minimum Gasteiger partial charge on any atom is -0.356 e. The highest BCUT2D eigenvalue weighted by Crippen LogP contribution is 2.34. The molecule has 1 aromatic heterocycles. The lowest BCUT2D eigenvalue weighted by atomic mass is 9.92. The van der Waals surface area contributed by atoms with Gasteiger partial charge < -0.3 is 20.9 Å². The molecule has 4 N–H and O–H groups in total. The van der Waals surface area contributed by atoms with Crippen molar-refractivity contribution >= 4 is 40.2 Å². The Kier molecular flexibility index (Phi) is 6.84. The maximum absolute atomic E-state index is 13.7. The minimum absolute atomic E-state index is 0.0846. The molecule has 0 radical (unpaired) electrons. The van der Waals surface area contributed by atoms with E-state index in [1.807, 2.05) is 0 Å². The van der Waals surface area contributed by atoms with Crippen molar-refractivity contribution in [2.75, 3.05) is 6.54 Å². The summed E-state index contributed by atoms with van der Waals surface area (Å²) in [5, 5.41) is 18.0. The molecule has 8 nitrogen and oxygen atoms in total. The molecule has 2 aromatic rings. The van der Waals surface area contributed by atoms with Gasteiger partial charge in [0, 0.05) is 23.4 Å². The minimum atomic E-state index is -0.834. The van der Waals surface area contributed by atoms with Crippen LogP contribution >= 0.6 is 11.6 Å². The third-order valence-electron chi connectivity index (χ3n) is 6.21. The SMILES string of the molecule is N#C[C@H](C[C@@H]1CCCNC1=O)NC(=O)[C@H](CC1CC1)NC(=O)c1cc2c(Cl)c(F)ccc2[nH]1. The quantitative estimate of drug-likeness (QED) is 0.470. The van der Waals surface area contributed by atoms with Gasteiger partial charge in [0.25, 0.3) is 5.91 Å². The second kappa shape index (κ2) is 9.79. The lowest BCUT2D eigenvalue weighted by Crippen LogP contribution is -2.50. The number of hydrogen-bond acceptors (Lipinski definition) is 4. The summed E-state index contributed by atoms with van der Waals surface area (Å²) < 4.78 is 13.7. The Morgan fingerprint density at radius 1 is 1.24 bits per heavy atom. The molecule has 3 atom stereocenters. The van der Waals surface area contributed by atoms with Crippen molar-refractivity contribution in [3.05, 3.63) is 34.7 Å². The van der Waals surface area contributed by atoms with E-state index in [1.165, 1.54) is 18.2 Å². The predicted octanol–water partition coefficient (Wildman–Crippen LogP) is 2.78. The Bertz CT molecular complexity index is 1120. The van der Waals surface area contributed by atoms with Crippen molar-refractivity contribution in [3.63, 3.8) is 0 Å². The monoisotopic (exact) mass is 473 g/mol. The van der Waals surface area contributed by atoms with E-state index < -0.39 is 29.7 Å². The second-order valence-electron chi connectivity index (χ2n) is 8.77. The normalized spacial score (nSPS) is 19.9. The molecular weight excluding hydrogens is 449 g/mol. The molecule has 2 aliphatic rings. The first-order valence-corrected chi connectivity index (χ1v) is 11.5. The number of benzene rings is 1. The number of fused-ring (bicyclic) bond motifs is 1. The van der Waals surface area contributed by atoms with Crippen LogP contribution in [-0.2, 0) is 9.59 Å². The van der Waals surface area contributed by atoms with Crippen LogP contribution in [0.15, 0.2) is 18.2 Å². The highest BCUT2D eigenvalue weighted by molar-refractivity contribution is 6.35. The van der Waals surface area contributed by atoms with Gasteiger partial charge >= 0.3 is 0 Å². The number of aromatic nitrogens is 1. The highest BCUT2D eigenvalue weighted by Gasteiger charge is 2.33. The lowest BCUT2D eigenvalue weighted by Gasteiger charge is -2.25. The topological polar surface area (TPSA) is 127 Å². The molecule has 2 heterocycles. The van der Waals surface area contributed by atoms with Gasteiger partial charge in [-0.15, -0.1) is 0 Å². The van der Waals surface area contributed by atoms with E-state index in [4.69, 9.17) is 11.6 Å². The van der Waals surface area contributed by atoms with Gasteiger partial charge in [-0.2, -0.15) is 5.26 Å². The van der Waals surface area contributed by atoms with Crippen LogP contribution in [0.3, 0.4) is 0 Å². The Morgan fingerprint density at radius 3 is 2.73 bits per heavy atom. The number of piperidine rings is 1. The van der Waals surface area contributed by atoms with E-state index in [1.54, 1.807) is 0 Å². The van der Waals surface area contributed by atoms with Gasteiger partial charge in [0.05, 0.1) is 11.1 Å². The summed E-state index contributed by atoms with van der Waals surface area (Å²) in [4.78, 5) is 40.8. The summed E-state index contributed by atoms with van der Waals surface area (Å²) in [6.07, 6.45) is 4.14. The summed E-state index contributed by atoms with van der Waals surface area (Å²) >= 11 is 5.99. The molecule has 174 valence electrons. The second-order valence-corrected chi connectivity index (χ2v) is 9.14. The Balaban J connectivity index is 1.44. The van der Waals surface area contributed by atoms with Gasteiger partial charge in [-0.25, -0.2) is 4.39 Å². The van der Waals surface area contributed by atoms with E-state index in [0.717, 1.165) is 19.3 Å². The molecule has 2 fully saturated rings. The first kappa shape index (κ1) is 23.1. The highest BCUT2D eigenvalue weighted by atomic mass is 35.5. The van der Waals surface area contributed by atoms with Crippen LogP contribution in [0.1, 0.15) is 49.0 Å². The van der Waals surface area contributed by atoms with Crippen LogP contribution < -0.4 is 16.0 Å². The fourth-order valence-corrected chi connectivity index (χ4v) is 4.40. The third kappa shape index (κ3) is 5.45. The Hall–Kier alpha value is -3.12. The Labute approximate surface area is 195 Å². The fraction of sp³-hybridized carbons (Fsp3) is 0.478. The van der Waals surface area contributed by atoms with Crippen molar-refractivity contribution in [3.8, 4) is 6.07 Å². The van der Waals surface area contributed by atoms with E-state index in [0.29, 0.717) is 36.2 Å². The van der Waals surface area contributed by atoms with E-state index in [2.05, 4.69) is 27.0 Å². The summed E-state index contributed by atoms with van der Waals surface area (Å²) in [5.74, 6) is -1.67. The lowest BCUT2D eigenvalue weighted by molar-refractivity contribution is -0.128. The zero-order valence-electron chi connectivity index (χ0n) is 17.9. The van der Waals surface area contributed by atoms with Gasteiger partial charge in [0.15, 0.2) is 0 Å². The smallest absolute Gasteiger partial charge is 0.268 e. The third-order valence-corrected chi connectivity index (χ3v) is 6.60. The van der Waals surface area contributed by atoms with Crippen LogP contribution in [0.4, 0.5) is 4.39 Å². The van der Waals surface area contributed by atoms with Crippen LogP contribution in [0.2, 0.25) is 5.02 Å². The molecule has 1 aromatic carbocycles. The molecule has 1 aliphatic carbocycles. The summed E-state index contributed by atoms with van der Waals surface area (Å²) in [6.45, 7) is 0.625. The summed E-state index contributed by atoms with van der Waals surface area (Å²) in [6, 6.07) is 4.53. The average molecular weight is 474 g/mol. The number of halogens is 2. The molecule has 33 heavy (non-hydrogen) atoms. The van der Waals surface area contributed by atoms with Gasteiger partial charge in [-0.05, 0) is 49.8 Å². The molecule has 1 saturated carbocycles. The molecule has 4 rings (SSSR count). The molecule has 1 aliphatic heterocycles. The maximum Gasteiger partial charge on any atom is 0.268 e. The number of nitrogens with zero attached hydrogens (tertiary/aromatic N) is 1. The van der Waals surface area contributed by atoms with Crippen LogP contribution in [0.25, 0.3) is 10.9 Å². The van der Waals surface area contributed by atoms with Crippen LogP contribution in [0.5, 0.6) is 0 Å². The first-order valence-electron chi connectivity index (χ1n) is 11.1. The van der Waals surface area contributed by atoms with E-state index >= 15 is 0 Å². The number of nitriles is 1. The van der Waals surface area contributed by atoms with Crippen molar-refractivity contribution in [2.45, 2.75) is 50.6 Å². The van der Waals surface area contributed by atoms with Crippen LogP contribution in [0, 0.1) is 29.0 Å². The van der Waals surface area contributed by atoms with Crippen molar-refractivity contribution in [1.29, 1.82) is 5.26 Å². The fourth-order valence-electron chi connectivity index (χ4n) is 4.18. The number of rotatable bonds is 8. The molecule has 0 unspecified atom stereocenters. The summed E-state index contributed by atoms with van der Waals surface area (Å²) in [5.41, 5.74) is 0.659. The van der Waals surface area contributed by atoms with Crippen LogP contribution in [-0.4, -0.2) is 41.3 Å². The zero-order chi connectivity index (χ0) is 23.5.